The van der Waals surface area contributed by atoms with Gasteiger partial charge in [-0.15, -0.1) is 0 Å². The van der Waals surface area contributed by atoms with Crippen molar-refractivity contribution in [2.45, 2.75) is 32.3 Å². The van der Waals surface area contributed by atoms with Crippen molar-refractivity contribution in [2.24, 2.45) is 0 Å². The summed E-state index contributed by atoms with van der Waals surface area (Å²) >= 11 is 0. The molecule has 1 saturated heterocycles. The van der Waals surface area contributed by atoms with Gasteiger partial charge in [0.2, 0.25) is 0 Å². The Morgan fingerprint density at radius 1 is 1.47 bits per heavy atom. The van der Waals surface area contributed by atoms with Gasteiger partial charge < -0.3 is 14.7 Å². The Morgan fingerprint density at radius 3 is 2.89 bits per heavy atom. The van der Waals surface area contributed by atoms with Crippen LogP contribution in [0.1, 0.15) is 25.3 Å². The van der Waals surface area contributed by atoms with Gasteiger partial charge in [0.05, 0.1) is 5.60 Å². The molecule has 4 heteroatoms. The summed E-state index contributed by atoms with van der Waals surface area (Å²) in [5.41, 5.74) is 0.247. The summed E-state index contributed by atoms with van der Waals surface area (Å²) in [6, 6.07) is 7.63. The standard InChI is InChI=1S/C15H21NO3/c1-12-6-3-4-7-13(12)19-10-14(17)16-9-5-8-15(2,18)11-16/h3-4,6-7,18H,5,8-11H2,1-2H3. The Kier molecular flexibility index (Phi) is 4.10. The van der Waals surface area contributed by atoms with E-state index in [2.05, 4.69) is 0 Å². The van der Waals surface area contributed by atoms with Crippen molar-refractivity contribution in [3.05, 3.63) is 29.8 Å². The van der Waals surface area contributed by atoms with Crippen molar-refractivity contribution >= 4 is 5.91 Å². The van der Waals surface area contributed by atoms with E-state index in [1.807, 2.05) is 31.2 Å². The van der Waals surface area contributed by atoms with E-state index in [1.165, 1.54) is 0 Å². The van der Waals surface area contributed by atoms with Crippen LogP contribution in [0.5, 0.6) is 5.75 Å². The minimum atomic E-state index is -0.767. The molecule has 1 aromatic rings. The van der Waals surface area contributed by atoms with Gasteiger partial charge in [-0.2, -0.15) is 0 Å². The molecule has 1 atom stereocenters. The van der Waals surface area contributed by atoms with Gasteiger partial charge >= 0.3 is 0 Å². The van der Waals surface area contributed by atoms with E-state index in [9.17, 15) is 9.90 Å². The normalized spacial score (nSPS) is 23.2. The maximum absolute atomic E-state index is 12.1. The number of aryl methyl sites for hydroxylation is 1. The molecule has 1 aliphatic heterocycles. The molecule has 0 aromatic heterocycles. The topological polar surface area (TPSA) is 49.8 Å². The number of rotatable bonds is 3. The predicted molar refractivity (Wildman–Crippen MR) is 73.1 cm³/mol. The third-order valence-electron chi connectivity index (χ3n) is 3.47. The van der Waals surface area contributed by atoms with Crippen LogP contribution in [0.15, 0.2) is 24.3 Å². The first-order valence-corrected chi connectivity index (χ1v) is 6.66. The Hall–Kier alpha value is -1.55. The largest absolute Gasteiger partial charge is 0.484 e. The third kappa shape index (κ3) is 3.70. The average molecular weight is 263 g/mol. The van der Waals surface area contributed by atoms with Gasteiger partial charge in [0, 0.05) is 13.1 Å². The maximum Gasteiger partial charge on any atom is 0.260 e. The summed E-state index contributed by atoms with van der Waals surface area (Å²) < 4.78 is 5.55. The monoisotopic (exact) mass is 263 g/mol. The van der Waals surface area contributed by atoms with E-state index in [-0.39, 0.29) is 12.5 Å². The molecule has 1 heterocycles. The SMILES string of the molecule is Cc1ccccc1OCC(=O)N1CCCC(C)(O)C1. The number of ether oxygens (including phenoxy) is 1. The summed E-state index contributed by atoms with van der Waals surface area (Å²) in [4.78, 5) is 13.7. The molecule has 19 heavy (non-hydrogen) atoms. The van der Waals surface area contributed by atoms with Crippen molar-refractivity contribution in [1.82, 2.24) is 4.90 Å². The number of piperidine rings is 1. The second-order valence-electron chi connectivity index (χ2n) is 5.47. The number of hydrogen-bond acceptors (Lipinski definition) is 3. The Bertz CT molecular complexity index is 456. The molecule has 2 rings (SSSR count). The molecule has 0 saturated carbocycles. The number of para-hydroxylation sites is 1. The number of nitrogens with zero attached hydrogens (tertiary/aromatic N) is 1. The van der Waals surface area contributed by atoms with Gasteiger partial charge in [0.25, 0.3) is 5.91 Å². The molecular weight excluding hydrogens is 242 g/mol. The van der Waals surface area contributed by atoms with Crippen LogP contribution in [-0.2, 0) is 4.79 Å². The number of amides is 1. The predicted octanol–water partition coefficient (Wildman–Crippen LogP) is 1.75. The number of hydrogen-bond donors (Lipinski definition) is 1. The van der Waals surface area contributed by atoms with E-state index in [0.29, 0.717) is 13.1 Å². The fourth-order valence-electron chi connectivity index (χ4n) is 2.38. The fraction of sp³-hybridized carbons (Fsp3) is 0.533. The lowest BCUT2D eigenvalue weighted by molar-refractivity contribution is -0.139. The lowest BCUT2D eigenvalue weighted by Gasteiger charge is -2.36. The first-order chi connectivity index (χ1) is 8.98. The first kappa shape index (κ1) is 13.9. The summed E-state index contributed by atoms with van der Waals surface area (Å²) in [5.74, 6) is 0.669. The second kappa shape index (κ2) is 5.61. The molecule has 1 aliphatic rings. The zero-order valence-corrected chi connectivity index (χ0v) is 11.6. The summed E-state index contributed by atoms with van der Waals surface area (Å²) in [6.45, 7) is 4.84. The molecule has 1 fully saturated rings. The van der Waals surface area contributed by atoms with Gasteiger partial charge in [-0.05, 0) is 38.3 Å². The highest BCUT2D eigenvalue weighted by Gasteiger charge is 2.30. The van der Waals surface area contributed by atoms with Crippen molar-refractivity contribution < 1.29 is 14.6 Å². The fourth-order valence-corrected chi connectivity index (χ4v) is 2.38. The highest BCUT2D eigenvalue weighted by atomic mass is 16.5. The molecule has 0 aliphatic carbocycles. The molecule has 0 spiro atoms. The number of benzene rings is 1. The number of carbonyl (C=O) groups excluding carboxylic acids is 1. The van der Waals surface area contributed by atoms with Gasteiger partial charge in [-0.25, -0.2) is 0 Å². The van der Waals surface area contributed by atoms with Crippen LogP contribution in [0, 0.1) is 6.92 Å². The zero-order chi connectivity index (χ0) is 13.9. The van der Waals surface area contributed by atoms with Gasteiger partial charge in [-0.1, -0.05) is 18.2 Å². The molecule has 1 amide bonds. The molecule has 1 unspecified atom stereocenters. The summed E-state index contributed by atoms with van der Waals surface area (Å²) in [7, 11) is 0. The molecule has 4 nitrogen and oxygen atoms in total. The van der Waals surface area contributed by atoms with Crippen LogP contribution < -0.4 is 4.74 Å². The summed E-state index contributed by atoms with van der Waals surface area (Å²) in [5, 5.41) is 9.99. The molecule has 0 bridgehead atoms. The van der Waals surface area contributed by atoms with Crippen LogP contribution in [0.25, 0.3) is 0 Å². The first-order valence-electron chi connectivity index (χ1n) is 6.66. The maximum atomic E-state index is 12.1. The minimum Gasteiger partial charge on any atom is -0.484 e. The summed E-state index contributed by atoms with van der Waals surface area (Å²) in [6.07, 6.45) is 1.58. The average Bonchev–Trinajstić information content (AvgIpc) is 2.36. The van der Waals surface area contributed by atoms with E-state index in [0.717, 1.165) is 24.2 Å². The molecular formula is C15H21NO3. The van der Waals surface area contributed by atoms with E-state index >= 15 is 0 Å². The minimum absolute atomic E-state index is 0.0287. The van der Waals surface area contributed by atoms with Crippen molar-refractivity contribution in [3.63, 3.8) is 0 Å². The molecule has 104 valence electrons. The lowest BCUT2D eigenvalue weighted by Crippen LogP contribution is -2.49. The van der Waals surface area contributed by atoms with E-state index in [4.69, 9.17) is 4.74 Å². The molecule has 1 N–H and O–H groups in total. The van der Waals surface area contributed by atoms with Crippen LogP contribution in [-0.4, -0.2) is 41.2 Å². The van der Waals surface area contributed by atoms with Crippen LogP contribution >= 0.6 is 0 Å². The highest BCUT2D eigenvalue weighted by molar-refractivity contribution is 5.78. The third-order valence-corrected chi connectivity index (χ3v) is 3.47. The number of likely N-dealkylation sites (tertiary alicyclic amines) is 1. The Labute approximate surface area is 114 Å². The lowest BCUT2D eigenvalue weighted by atomic mass is 9.95. The van der Waals surface area contributed by atoms with Crippen molar-refractivity contribution in [2.75, 3.05) is 19.7 Å². The number of carbonyl (C=O) groups is 1. The van der Waals surface area contributed by atoms with Crippen LogP contribution in [0.2, 0.25) is 0 Å². The Morgan fingerprint density at radius 2 is 2.21 bits per heavy atom. The van der Waals surface area contributed by atoms with E-state index < -0.39 is 5.60 Å². The highest BCUT2D eigenvalue weighted by Crippen LogP contribution is 2.21. The van der Waals surface area contributed by atoms with Crippen molar-refractivity contribution in [1.29, 1.82) is 0 Å². The number of β-amino-alcohol motifs (C(OH)–C–C–N with tert-alkyl or cyclic N) is 1. The Balaban J connectivity index is 1.90. The number of aliphatic hydroxyl groups is 1. The van der Waals surface area contributed by atoms with E-state index in [1.54, 1.807) is 11.8 Å². The molecule has 1 aromatic carbocycles. The molecule has 0 radical (unpaired) electrons. The van der Waals surface area contributed by atoms with Crippen LogP contribution in [0.3, 0.4) is 0 Å². The van der Waals surface area contributed by atoms with Crippen LogP contribution in [0.4, 0.5) is 0 Å². The smallest absolute Gasteiger partial charge is 0.260 e. The second-order valence-corrected chi connectivity index (χ2v) is 5.47. The van der Waals surface area contributed by atoms with Crippen molar-refractivity contribution in [3.8, 4) is 5.75 Å². The van der Waals surface area contributed by atoms with Gasteiger partial charge in [-0.3, -0.25) is 4.79 Å². The quantitative estimate of drug-likeness (QED) is 0.904. The zero-order valence-electron chi connectivity index (χ0n) is 11.6. The van der Waals surface area contributed by atoms with Gasteiger partial charge in [0.15, 0.2) is 6.61 Å². The van der Waals surface area contributed by atoms with Gasteiger partial charge in [0.1, 0.15) is 5.75 Å².